The molecule has 1 saturated carbocycles. The van der Waals surface area contributed by atoms with Crippen LogP contribution in [-0.4, -0.2) is 30.0 Å². The third-order valence-electron chi connectivity index (χ3n) is 2.62. The molecule has 1 aromatic rings. The normalized spacial score (nSPS) is 29.6. The molecule has 0 saturated heterocycles. The molecule has 0 aliphatic heterocycles. The molecular weight excluding hydrogens is 192 g/mol. The number of benzene rings is 1. The lowest BCUT2D eigenvalue weighted by Crippen LogP contribution is -2.55. The zero-order valence-electron chi connectivity index (χ0n) is 8.80. The van der Waals surface area contributed by atoms with E-state index < -0.39 is 6.10 Å². The van der Waals surface area contributed by atoms with Gasteiger partial charge in [0.25, 0.3) is 0 Å². The summed E-state index contributed by atoms with van der Waals surface area (Å²) in [4.78, 5) is 0. The van der Waals surface area contributed by atoms with E-state index in [-0.39, 0.29) is 12.2 Å². The summed E-state index contributed by atoms with van der Waals surface area (Å²) >= 11 is 0. The van der Waals surface area contributed by atoms with Crippen molar-refractivity contribution in [2.45, 2.75) is 31.7 Å². The van der Waals surface area contributed by atoms with Gasteiger partial charge in [-0.1, -0.05) is 18.2 Å². The minimum atomic E-state index is -0.401. The van der Waals surface area contributed by atoms with Crippen LogP contribution in [0.3, 0.4) is 0 Å². The predicted molar refractivity (Wildman–Crippen MR) is 56.9 cm³/mol. The Morgan fingerprint density at radius 3 is 2.67 bits per heavy atom. The molecule has 0 bridgehead atoms. The summed E-state index contributed by atoms with van der Waals surface area (Å²) in [6.45, 7) is 2.61. The molecule has 0 heterocycles. The highest BCUT2D eigenvalue weighted by Crippen LogP contribution is 2.28. The maximum atomic E-state index is 9.56. The fraction of sp³-hybridized carbons (Fsp3) is 0.500. The molecular formula is C12H16O3. The first-order chi connectivity index (χ1) is 7.31. The first-order valence-corrected chi connectivity index (χ1v) is 5.32. The monoisotopic (exact) mass is 208 g/mol. The van der Waals surface area contributed by atoms with Gasteiger partial charge in [0.2, 0.25) is 0 Å². The van der Waals surface area contributed by atoms with Gasteiger partial charge < -0.3 is 14.6 Å². The largest absolute Gasteiger partial charge is 0.485 e. The summed E-state index contributed by atoms with van der Waals surface area (Å²) in [7, 11) is 0. The Morgan fingerprint density at radius 2 is 2.07 bits per heavy atom. The van der Waals surface area contributed by atoms with Gasteiger partial charge in [0.05, 0.1) is 12.2 Å². The maximum Gasteiger partial charge on any atom is 0.151 e. The lowest BCUT2D eigenvalue weighted by molar-refractivity contribution is -0.154. The predicted octanol–water partition coefficient (Wildman–Crippen LogP) is 1.60. The molecule has 1 fully saturated rings. The number of hydrogen-bond donors (Lipinski definition) is 1. The van der Waals surface area contributed by atoms with E-state index in [4.69, 9.17) is 9.47 Å². The Kier molecular flexibility index (Phi) is 3.23. The van der Waals surface area contributed by atoms with Crippen LogP contribution in [0.25, 0.3) is 0 Å². The highest BCUT2D eigenvalue weighted by molar-refractivity contribution is 5.22. The van der Waals surface area contributed by atoms with E-state index in [1.165, 1.54) is 0 Å². The summed E-state index contributed by atoms with van der Waals surface area (Å²) in [5, 5.41) is 9.56. The molecule has 15 heavy (non-hydrogen) atoms. The van der Waals surface area contributed by atoms with Crippen LogP contribution in [-0.2, 0) is 4.74 Å². The number of rotatable bonds is 4. The molecule has 1 aromatic carbocycles. The van der Waals surface area contributed by atoms with Crippen molar-refractivity contribution in [3.8, 4) is 5.75 Å². The number of aliphatic hydroxyl groups is 1. The molecule has 3 atom stereocenters. The molecule has 82 valence electrons. The van der Waals surface area contributed by atoms with Gasteiger partial charge in [-0.2, -0.15) is 0 Å². The van der Waals surface area contributed by atoms with Crippen molar-refractivity contribution in [3.63, 3.8) is 0 Å². The van der Waals surface area contributed by atoms with Crippen LogP contribution in [0.2, 0.25) is 0 Å². The van der Waals surface area contributed by atoms with Gasteiger partial charge >= 0.3 is 0 Å². The minimum Gasteiger partial charge on any atom is -0.485 e. The summed E-state index contributed by atoms with van der Waals surface area (Å²) < 4.78 is 11.1. The summed E-state index contributed by atoms with van der Waals surface area (Å²) in [6, 6.07) is 9.53. The highest BCUT2D eigenvalue weighted by Gasteiger charge is 2.42. The fourth-order valence-electron chi connectivity index (χ4n) is 1.75. The smallest absolute Gasteiger partial charge is 0.151 e. The van der Waals surface area contributed by atoms with E-state index >= 15 is 0 Å². The van der Waals surface area contributed by atoms with Gasteiger partial charge in [-0.05, 0) is 19.1 Å². The van der Waals surface area contributed by atoms with Crippen LogP contribution in [0.1, 0.15) is 13.3 Å². The first kappa shape index (κ1) is 10.5. The fourth-order valence-corrected chi connectivity index (χ4v) is 1.75. The molecule has 2 rings (SSSR count). The summed E-state index contributed by atoms with van der Waals surface area (Å²) in [6.07, 6.45) is 0.0880. The van der Waals surface area contributed by atoms with Crippen LogP contribution in [0, 0.1) is 0 Å². The number of aliphatic hydroxyl groups excluding tert-OH is 1. The Morgan fingerprint density at radius 1 is 1.33 bits per heavy atom. The van der Waals surface area contributed by atoms with Gasteiger partial charge in [0.15, 0.2) is 6.10 Å². The second-order valence-electron chi connectivity index (χ2n) is 3.69. The van der Waals surface area contributed by atoms with E-state index in [9.17, 15) is 5.11 Å². The SMILES string of the molecule is CCO[C@@H]1C[C@H](O)[C@H]1Oc1ccccc1. The molecule has 0 radical (unpaired) electrons. The molecule has 3 nitrogen and oxygen atoms in total. The maximum absolute atomic E-state index is 9.56. The Balaban J connectivity index is 1.93. The molecule has 1 aliphatic rings. The van der Waals surface area contributed by atoms with Gasteiger partial charge in [0, 0.05) is 13.0 Å². The summed E-state index contributed by atoms with van der Waals surface area (Å²) in [5.74, 6) is 0.783. The van der Waals surface area contributed by atoms with Crippen LogP contribution < -0.4 is 4.74 Å². The van der Waals surface area contributed by atoms with Crippen LogP contribution >= 0.6 is 0 Å². The van der Waals surface area contributed by atoms with Crippen molar-refractivity contribution < 1.29 is 14.6 Å². The Bertz CT molecular complexity index is 297. The van der Waals surface area contributed by atoms with Crippen molar-refractivity contribution in [1.82, 2.24) is 0 Å². The van der Waals surface area contributed by atoms with Gasteiger partial charge in [0.1, 0.15) is 5.75 Å². The molecule has 0 amide bonds. The number of hydrogen-bond acceptors (Lipinski definition) is 3. The van der Waals surface area contributed by atoms with Gasteiger partial charge in [-0.15, -0.1) is 0 Å². The van der Waals surface area contributed by atoms with E-state index in [2.05, 4.69) is 0 Å². The minimum absolute atomic E-state index is 0.0326. The molecule has 0 aromatic heterocycles. The van der Waals surface area contributed by atoms with Crippen LogP contribution in [0.5, 0.6) is 5.75 Å². The van der Waals surface area contributed by atoms with E-state index in [1.807, 2.05) is 37.3 Å². The van der Waals surface area contributed by atoms with Crippen LogP contribution in [0.15, 0.2) is 30.3 Å². The number of para-hydroxylation sites is 1. The topological polar surface area (TPSA) is 38.7 Å². The molecule has 1 aliphatic carbocycles. The van der Waals surface area contributed by atoms with Gasteiger partial charge in [-0.25, -0.2) is 0 Å². The van der Waals surface area contributed by atoms with Crippen molar-refractivity contribution in [1.29, 1.82) is 0 Å². The summed E-state index contributed by atoms with van der Waals surface area (Å²) in [5.41, 5.74) is 0. The standard InChI is InChI=1S/C12H16O3/c1-2-14-11-8-10(13)12(11)15-9-6-4-3-5-7-9/h3-7,10-13H,2,8H2,1H3/t10-,11+,12+/m0/s1. The quantitative estimate of drug-likeness (QED) is 0.817. The zero-order valence-corrected chi connectivity index (χ0v) is 8.80. The highest BCUT2D eigenvalue weighted by atomic mass is 16.6. The lowest BCUT2D eigenvalue weighted by Gasteiger charge is -2.40. The molecule has 1 N–H and O–H groups in total. The van der Waals surface area contributed by atoms with Crippen molar-refractivity contribution in [2.75, 3.05) is 6.61 Å². The van der Waals surface area contributed by atoms with Gasteiger partial charge in [-0.3, -0.25) is 0 Å². The van der Waals surface area contributed by atoms with Crippen molar-refractivity contribution >= 4 is 0 Å². The third-order valence-corrected chi connectivity index (χ3v) is 2.62. The van der Waals surface area contributed by atoms with Crippen molar-refractivity contribution in [2.24, 2.45) is 0 Å². The first-order valence-electron chi connectivity index (χ1n) is 5.32. The van der Waals surface area contributed by atoms with E-state index in [0.29, 0.717) is 13.0 Å². The zero-order chi connectivity index (χ0) is 10.7. The second-order valence-corrected chi connectivity index (χ2v) is 3.69. The van der Waals surface area contributed by atoms with Crippen molar-refractivity contribution in [3.05, 3.63) is 30.3 Å². The molecule has 0 unspecified atom stereocenters. The second kappa shape index (κ2) is 4.64. The van der Waals surface area contributed by atoms with Crippen LogP contribution in [0.4, 0.5) is 0 Å². The molecule has 0 spiro atoms. The average molecular weight is 208 g/mol. The Labute approximate surface area is 89.6 Å². The van der Waals surface area contributed by atoms with E-state index in [1.54, 1.807) is 0 Å². The lowest BCUT2D eigenvalue weighted by atomic mass is 9.88. The van der Waals surface area contributed by atoms with E-state index in [0.717, 1.165) is 5.75 Å². The average Bonchev–Trinajstić information content (AvgIpc) is 2.27. The third kappa shape index (κ3) is 2.30. The Hall–Kier alpha value is -1.06. The molecule has 3 heteroatoms. The number of ether oxygens (including phenoxy) is 2.